The molecule has 0 spiro atoms. The number of nitrogens with one attached hydrogen (secondary N) is 1. The first-order valence-corrected chi connectivity index (χ1v) is 7.38. The summed E-state index contributed by atoms with van der Waals surface area (Å²) in [4.78, 5) is 5.23. The van der Waals surface area contributed by atoms with Crippen molar-refractivity contribution in [3.05, 3.63) is 28.5 Å². The summed E-state index contributed by atoms with van der Waals surface area (Å²) in [5, 5.41) is 0. The molecule has 114 valence electrons. The molecule has 2 heterocycles. The van der Waals surface area contributed by atoms with Crippen molar-refractivity contribution in [2.45, 2.75) is 25.6 Å². The third kappa shape index (κ3) is 2.98. The molecular weight excluding hydrogens is 299 g/mol. The van der Waals surface area contributed by atoms with E-state index in [1.807, 2.05) is 4.57 Å². The van der Waals surface area contributed by atoms with Gasteiger partial charge >= 0.3 is 6.18 Å². The lowest BCUT2D eigenvalue weighted by molar-refractivity contribution is -0.137. The standard InChI is InChI=1S/C14H16F3N3S/c15-14(16,17)10-3-4-12-11(9-10)18-13(21)20(12)8-7-19-5-1-2-6-19/h3-4,9H,1-2,5-8H2,(H,18,21). The van der Waals surface area contributed by atoms with Crippen LogP contribution in [0.4, 0.5) is 13.2 Å². The van der Waals surface area contributed by atoms with Crippen molar-refractivity contribution in [3.63, 3.8) is 0 Å². The van der Waals surface area contributed by atoms with Gasteiger partial charge < -0.3 is 14.5 Å². The van der Waals surface area contributed by atoms with Gasteiger partial charge in [0.05, 0.1) is 16.6 Å². The number of hydrogen-bond donors (Lipinski definition) is 1. The lowest BCUT2D eigenvalue weighted by Gasteiger charge is -2.15. The van der Waals surface area contributed by atoms with Gasteiger partial charge in [0.15, 0.2) is 4.77 Å². The summed E-state index contributed by atoms with van der Waals surface area (Å²) in [6, 6.07) is 3.73. The summed E-state index contributed by atoms with van der Waals surface area (Å²) < 4.78 is 40.5. The van der Waals surface area contributed by atoms with Gasteiger partial charge in [0.25, 0.3) is 0 Å². The van der Waals surface area contributed by atoms with E-state index in [1.165, 1.54) is 18.9 Å². The van der Waals surface area contributed by atoms with E-state index < -0.39 is 11.7 Å². The molecule has 0 saturated carbocycles. The molecule has 1 aliphatic heterocycles. The van der Waals surface area contributed by atoms with Crippen LogP contribution in [-0.2, 0) is 12.7 Å². The van der Waals surface area contributed by atoms with Crippen LogP contribution in [-0.4, -0.2) is 34.1 Å². The van der Waals surface area contributed by atoms with Crippen LogP contribution >= 0.6 is 12.2 Å². The normalized spacial score (nSPS) is 16.9. The highest BCUT2D eigenvalue weighted by Crippen LogP contribution is 2.31. The fourth-order valence-electron chi connectivity index (χ4n) is 2.81. The second-order valence-electron chi connectivity index (χ2n) is 5.36. The molecule has 21 heavy (non-hydrogen) atoms. The number of likely N-dealkylation sites (tertiary alicyclic amines) is 1. The molecule has 1 aliphatic rings. The van der Waals surface area contributed by atoms with Crippen LogP contribution in [0.3, 0.4) is 0 Å². The van der Waals surface area contributed by atoms with Crippen LogP contribution in [0.5, 0.6) is 0 Å². The number of aromatic amines is 1. The van der Waals surface area contributed by atoms with E-state index in [1.54, 1.807) is 0 Å². The van der Waals surface area contributed by atoms with Crippen molar-refractivity contribution < 1.29 is 13.2 Å². The zero-order chi connectivity index (χ0) is 15.0. The summed E-state index contributed by atoms with van der Waals surface area (Å²) in [5.41, 5.74) is 0.515. The van der Waals surface area contributed by atoms with E-state index in [4.69, 9.17) is 12.2 Å². The van der Waals surface area contributed by atoms with Gasteiger partial charge in [-0.25, -0.2) is 0 Å². The van der Waals surface area contributed by atoms with Crippen LogP contribution in [0.1, 0.15) is 18.4 Å². The molecule has 0 unspecified atom stereocenters. The molecule has 0 amide bonds. The Hall–Kier alpha value is -1.34. The smallest absolute Gasteiger partial charge is 0.331 e. The minimum Gasteiger partial charge on any atom is -0.331 e. The Labute approximate surface area is 125 Å². The molecule has 0 radical (unpaired) electrons. The maximum atomic E-state index is 12.7. The van der Waals surface area contributed by atoms with Gasteiger partial charge in [-0.05, 0) is 56.3 Å². The van der Waals surface area contributed by atoms with Gasteiger partial charge in [0.1, 0.15) is 0 Å². The van der Waals surface area contributed by atoms with Crippen molar-refractivity contribution in [2.75, 3.05) is 19.6 Å². The first-order chi connectivity index (χ1) is 9.95. The number of rotatable bonds is 3. The zero-order valence-electron chi connectivity index (χ0n) is 11.4. The van der Waals surface area contributed by atoms with Gasteiger partial charge in [-0.1, -0.05) is 0 Å². The molecule has 3 nitrogen and oxygen atoms in total. The van der Waals surface area contributed by atoms with Crippen LogP contribution in [0.15, 0.2) is 18.2 Å². The summed E-state index contributed by atoms with van der Waals surface area (Å²) in [7, 11) is 0. The Morgan fingerprint density at radius 1 is 1.14 bits per heavy atom. The molecule has 1 aromatic carbocycles. The van der Waals surface area contributed by atoms with Gasteiger partial charge in [-0.2, -0.15) is 13.2 Å². The van der Waals surface area contributed by atoms with E-state index in [0.717, 1.165) is 37.3 Å². The van der Waals surface area contributed by atoms with Gasteiger partial charge in [-0.3, -0.25) is 0 Å². The number of fused-ring (bicyclic) bond motifs is 1. The Bertz CT molecular complexity index is 696. The predicted octanol–water partition coefficient (Wildman–Crippen LogP) is 3.81. The van der Waals surface area contributed by atoms with Gasteiger partial charge in [-0.15, -0.1) is 0 Å². The summed E-state index contributed by atoms with van der Waals surface area (Å²) >= 11 is 5.24. The Morgan fingerprint density at radius 3 is 2.52 bits per heavy atom. The largest absolute Gasteiger partial charge is 0.416 e. The Morgan fingerprint density at radius 2 is 1.86 bits per heavy atom. The monoisotopic (exact) mass is 315 g/mol. The predicted molar refractivity (Wildman–Crippen MR) is 77.8 cm³/mol. The van der Waals surface area contributed by atoms with Gasteiger partial charge in [0, 0.05) is 13.1 Å². The maximum absolute atomic E-state index is 12.7. The summed E-state index contributed by atoms with van der Waals surface area (Å²) in [6.45, 7) is 3.76. The molecule has 0 bridgehead atoms. The van der Waals surface area contributed by atoms with Gasteiger partial charge in [0.2, 0.25) is 0 Å². The van der Waals surface area contributed by atoms with E-state index in [9.17, 15) is 13.2 Å². The maximum Gasteiger partial charge on any atom is 0.416 e. The molecule has 0 aliphatic carbocycles. The van der Waals surface area contributed by atoms with Crippen LogP contribution in [0, 0.1) is 4.77 Å². The van der Waals surface area contributed by atoms with Crippen molar-refractivity contribution >= 4 is 23.3 Å². The van der Waals surface area contributed by atoms with Crippen LogP contribution in [0.25, 0.3) is 11.0 Å². The Kier molecular flexibility index (Phi) is 3.79. The zero-order valence-corrected chi connectivity index (χ0v) is 12.2. The number of imidazole rings is 1. The van der Waals surface area contributed by atoms with Crippen molar-refractivity contribution in [1.29, 1.82) is 0 Å². The molecule has 0 atom stereocenters. The van der Waals surface area contributed by atoms with Crippen LogP contribution < -0.4 is 0 Å². The number of nitrogens with zero attached hydrogens (tertiary/aromatic N) is 2. The quantitative estimate of drug-likeness (QED) is 0.871. The fraction of sp³-hybridized carbons (Fsp3) is 0.500. The number of aromatic nitrogens is 2. The molecule has 1 saturated heterocycles. The lowest BCUT2D eigenvalue weighted by Crippen LogP contribution is -2.24. The van der Waals surface area contributed by atoms with Crippen molar-refractivity contribution in [2.24, 2.45) is 0 Å². The lowest BCUT2D eigenvalue weighted by atomic mass is 10.2. The number of hydrogen-bond acceptors (Lipinski definition) is 2. The van der Waals surface area contributed by atoms with E-state index in [0.29, 0.717) is 16.8 Å². The minimum absolute atomic E-state index is 0.441. The topological polar surface area (TPSA) is 24.0 Å². The second-order valence-corrected chi connectivity index (χ2v) is 5.75. The highest BCUT2D eigenvalue weighted by molar-refractivity contribution is 7.71. The highest BCUT2D eigenvalue weighted by Gasteiger charge is 2.30. The summed E-state index contributed by atoms with van der Waals surface area (Å²) in [6.07, 6.45) is -1.90. The fourth-order valence-corrected chi connectivity index (χ4v) is 3.11. The molecule has 7 heteroatoms. The van der Waals surface area contributed by atoms with E-state index in [-0.39, 0.29) is 0 Å². The number of halogens is 3. The minimum atomic E-state index is -4.33. The first kappa shape index (κ1) is 14.6. The van der Waals surface area contributed by atoms with Crippen molar-refractivity contribution in [1.82, 2.24) is 14.5 Å². The second kappa shape index (κ2) is 5.46. The molecule has 1 N–H and O–H groups in total. The summed E-state index contributed by atoms with van der Waals surface area (Å²) in [5.74, 6) is 0. The third-order valence-corrected chi connectivity index (χ3v) is 4.26. The average Bonchev–Trinajstić information content (AvgIpc) is 3.01. The number of benzene rings is 1. The first-order valence-electron chi connectivity index (χ1n) is 6.97. The Balaban J connectivity index is 1.88. The molecular formula is C14H16F3N3S. The van der Waals surface area contributed by atoms with E-state index in [2.05, 4.69) is 9.88 Å². The number of H-pyrrole nitrogens is 1. The third-order valence-electron chi connectivity index (χ3n) is 3.94. The molecule has 2 aromatic rings. The van der Waals surface area contributed by atoms with Crippen molar-refractivity contribution in [3.8, 4) is 0 Å². The molecule has 1 fully saturated rings. The molecule has 1 aromatic heterocycles. The highest BCUT2D eigenvalue weighted by atomic mass is 32.1. The average molecular weight is 315 g/mol. The number of alkyl halides is 3. The van der Waals surface area contributed by atoms with E-state index >= 15 is 0 Å². The molecule has 3 rings (SSSR count). The van der Waals surface area contributed by atoms with Crippen LogP contribution in [0.2, 0.25) is 0 Å². The SMILES string of the molecule is FC(F)(F)c1ccc2c(c1)[nH]c(=S)n2CCN1CCCC1.